The number of alkyl halides is 4. The first-order chi connectivity index (χ1) is 7.23. The molecule has 0 saturated carbocycles. The molecule has 1 aromatic carbocycles. The highest BCUT2D eigenvalue weighted by Crippen LogP contribution is 2.33. The molecule has 0 fully saturated rings. The van der Waals surface area contributed by atoms with Crippen LogP contribution < -0.4 is 4.72 Å². The van der Waals surface area contributed by atoms with Crippen molar-refractivity contribution < 1.29 is 8.42 Å². The van der Waals surface area contributed by atoms with E-state index in [0.29, 0.717) is 0 Å². The van der Waals surface area contributed by atoms with Gasteiger partial charge in [-0.05, 0) is 12.1 Å². The molecule has 0 radical (unpaired) electrons. The number of rotatable bonds is 3. The van der Waals surface area contributed by atoms with Gasteiger partial charge in [-0.15, -0.1) is 11.6 Å². The van der Waals surface area contributed by atoms with Gasteiger partial charge in [0, 0.05) is 0 Å². The first-order valence-corrected chi connectivity index (χ1v) is 7.07. The maximum Gasteiger partial charge on any atom is 0.241 e. The number of benzene rings is 1. The maximum atomic E-state index is 11.7. The second-order valence-corrected chi connectivity index (χ2v) is 7.36. The molecule has 0 aromatic heterocycles. The molecule has 8 heteroatoms. The van der Waals surface area contributed by atoms with Crippen LogP contribution in [0.25, 0.3) is 0 Å². The van der Waals surface area contributed by atoms with Gasteiger partial charge in [0.15, 0.2) is 0 Å². The molecule has 0 saturated heterocycles. The van der Waals surface area contributed by atoms with Crippen LogP contribution in [0.4, 0.5) is 0 Å². The molecule has 1 unspecified atom stereocenters. The lowest BCUT2D eigenvalue weighted by Crippen LogP contribution is -2.39. The third-order valence-corrected chi connectivity index (χ3v) is 4.59. The molecular weight excluding hydrogens is 316 g/mol. The average molecular weight is 323 g/mol. The molecule has 1 rings (SSSR count). The highest BCUT2D eigenvalue weighted by molar-refractivity contribution is 7.89. The Kier molecular flexibility index (Phi) is 4.75. The van der Waals surface area contributed by atoms with Crippen LogP contribution in [-0.4, -0.2) is 17.7 Å². The Labute approximate surface area is 114 Å². The second-order valence-electron chi connectivity index (χ2n) is 2.84. The van der Waals surface area contributed by atoms with Crippen LogP contribution in [-0.2, 0) is 10.0 Å². The van der Waals surface area contributed by atoms with E-state index in [1.54, 1.807) is 18.2 Å². The van der Waals surface area contributed by atoms with E-state index in [1.807, 2.05) is 0 Å². The largest absolute Gasteiger partial charge is 0.241 e. The Morgan fingerprint density at radius 2 is 1.62 bits per heavy atom. The molecule has 0 heterocycles. The zero-order chi connectivity index (χ0) is 12.4. The summed E-state index contributed by atoms with van der Waals surface area (Å²) in [6, 6.07) is 7.65. The molecule has 0 aliphatic heterocycles. The van der Waals surface area contributed by atoms with Crippen molar-refractivity contribution in [2.24, 2.45) is 0 Å². The van der Waals surface area contributed by atoms with Gasteiger partial charge in [-0.1, -0.05) is 53.0 Å². The second kappa shape index (κ2) is 5.29. The van der Waals surface area contributed by atoms with Crippen molar-refractivity contribution in [2.45, 2.75) is 14.2 Å². The summed E-state index contributed by atoms with van der Waals surface area (Å²) in [6.07, 6.45) is 0. The monoisotopic (exact) mass is 321 g/mol. The summed E-state index contributed by atoms with van der Waals surface area (Å²) in [5, 5.41) is 0. The van der Waals surface area contributed by atoms with E-state index in [-0.39, 0.29) is 4.90 Å². The van der Waals surface area contributed by atoms with Crippen LogP contribution in [0.1, 0.15) is 0 Å². The van der Waals surface area contributed by atoms with Crippen molar-refractivity contribution in [3.8, 4) is 0 Å². The molecule has 3 nitrogen and oxygen atoms in total. The van der Waals surface area contributed by atoms with Crippen molar-refractivity contribution in [3.05, 3.63) is 30.3 Å². The number of hydrogen-bond donors (Lipinski definition) is 1. The van der Waals surface area contributed by atoms with Crippen molar-refractivity contribution in [2.75, 3.05) is 0 Å². The van der Waals surface area contributed by atoms with Crippen molar-refractivity contribution in [1.29, 1.82) is 0 Å². The molecular formula is C8H7Cl4NO2S. The normalized spacial score (nSPS) is 14.8. The van der Waals surface area contributed by atoms with Crippen LogP contribution >= 0.6 is 46.4 Å². The predicted octanol–water partition coefficient (Wildman–Crippen LogP) is 2.90. The molecule has 0 spiro atoms. The molecule has 16 heavy (non-hydrogen) atoms. The third kappa shape index (κ3) is 3.95. The lowest BCUT2D eigenvalue weighted by atomic mass is 10.4. The number of sulfonamides is 1. The van der Waals surface area contributed by atoms with E-state index >= 15 is 0 Å². The quantitative estimate of drug-likeness (QED) is 0.687. The number of nitrogens with one attached hydrogen (secondary N) is 1. The van der Waals surface area contributed by atoms with Crippen LogP contribution in [0.15, 0.2) is 35.2 Å². The molecule has 90 valence electrons. The van der Waals surface area contributed by atoms with Crippen molar-refractivity contribution >= 4 is 56.4 Å². The fraction of sp³-hybridized carbons (Fsp3) is 0.250. The fourth-order valence-corrected chi connectivity index (χ4v) is 2.68. The zero-order valence-electron chi connectivity index (χ0n) is 7.70. The van der Waals surface area contributed by atoms with E-state index in [1.165, 1.54) is 12.1 Å². The summed E-state index contributed by atoms with van der Waals surface area (Å²) < 4.78 is 23.6. The Balaban J connectivity index is 2.90. The molecule has 1 aromatic rings. The molecule has 1 N–H and O–H groups in total. The minimum atomic E-state index is -3.78. The van der Waals surface area contributed by atoms with Crippen LogP contribution in [0.5, 0.6) is 0 Å². The van der Waals surface area contributed by atoms with Crippen LogP contribution in [0.3, 0.4) is 0 Å². The van der Waals surface area contributed by atoms with Gasteiger partial charge in [0.25, 0.3) is 0 Å². The van der Waals surface area contributed by atoms with Crippen molar-refractivity contribution in [1.82, 2.24) is 4.72 Å². The highest BCUT2D eigenvalue weighted by Gasteiger charge is 2.34. The van der Waals surface area contributed by atoms with E-state index < -0.39 is 19.3 Å². The minimum absolute atomic E-state index is 0.0508. The summed E-state index contributed by atoms with van der Waals surface area (Å²) in [6.45, 7) is 0. The number of hydrogen-bond acceptors (Lipinski definition) is 2. The van der Waals surface area contributed by atoms with Gasteiger partial charge in [0.05, 0.1) is 4.90 Å². The summed E-state index contributed by atoms with van der Waals surface area (Å²) >= 11 is 22.0. The SMILES string of the molecule is O=S(=O)(NC(Cl)C(Cl)(Cl)Cl)c1ccccc1. The van der Waals surface area contributed by atoms with E-state index in [2.05, 4.69) is 4.72 Å². The average Bonchev–Trinajstić information content (AvgIpc) is 2.17. The number of halogens is 4. The van der Waals surface area contributed by atoms with Crippen LogP contribution in [0.2, 0.25) is 0 Å². The zero-order valence-corrected chi connectivity index (χ0v) is 11.5. The van der Waals surface area contributed by atoms with Gasteiger partial charge in [-0.25, -0.2) is 8.42 Å². The molecule has 0 aliphatic rings. The summed E-state index contributed by atoms with van der Waals surface area (Å²) in [5.41, 5.74) is -1.34. The predicted molar refractivity (Wildman–Crippen MR) is 66.7 cm³/mol. The first-order valence-electron chi connectivity index (χ1n) is 4.01. The van der Waals surface area contributed by atoms with Gasteiger partial charge in [0.1, 0.15) is 5.50 Å². The third-order valence-electron chi connectivity index (χ3n) is 1.60. The summed E-state index contributed by atoms with van der Waals surface area (Å²) in [4.78, 5) is 0.0508. The lowest BCUT2D eigenvalue weighted by molar-refractivity contribution is 0.578. The standard InChI is InChI=1S/C8H7Cl4NO2S/c9-7(8(10,11)12)13-16(14,15)6-4-2-1-3-5-6/h1-5,7,13H. The van der Waals surface area contributed by atoms with Gasteiger partial charge in [-0.2, -0.15) is 4.72 Å². The van der Waals surface area contributed by atoms with E-state index in [0.717, 1.165) is 0 Å². The van der Waals surface area contributed by atoms with Crippen LogP contribution in [0, 0.1) is 0 Å². The van der Waals surface area contributed by atoms with E-state index in [9.17, 15) is 8.42 Å². The minimum Gasteiger partial charge on any atom is -0.207 e. The fourth-order valence-electron chi connectivity index (χ4n) is 0.871. The summed E-state index contributed by atoms with van der Waals surface area (Å²) in [5.74, 6) is 0. The van der Waals surface area contributed by atoms with Gasteiger partial charge >= 0.3 is 0 Å². The Hall–Kier alpha value is 0.290. The maximum absolute atomic E-state index is 11.7. The van der Waals surface area contributed by atoms with Crippen molar-refractivity contribution in [3.63, 3.8) is 0 Å². The topological polar surface area (TPSA) is 46.2 Å². The first kappa shape index (κ1) is 14.4. The van der Waals surface area contributed by atoms with E-state index in [4.69, 9.17) is 46.4 Å². The molecule has 0 aliphatic carbocycles. The summed E-state index contributed by atoms with van der Waals surface area (Å²) in [7, 11) is -3.78. The Bertz CT molecular complexity index is 443. The van der Waals surface area contributed by atoms with Gasteiger partial charge in [0.2, 0.25) is 13.8 Å². The smallest absolute Gasteiger partial charge is 0.207 e. The van der Waals surface area contributed by atoms with Gasteiger partial charge in [-0.3, -0.25) is 0 Å². The lowest BCUT2D eigenvalue weighted by Gasteiger charge is -2.19. The molecule has 0 bridgehead atoms. The Morgan fingerprint density at radius 1 is 1.12 bits per heavy atom. The molecule has 0 amide bonds. The molecule has 1 atom stereocenters. The Morgan fingerprint density at radius 3 is 2.06 bits per heavy atom. The van der Waals surface area contributed by atoms with Gasteiger partial charge < -0.3 is 0 Å². The highest BCUT2D eigenvalue weighted by atomic mass is 35.6.